The molecule has 5 nitrogen and oxygen atoms in total. The maximum absolute atomic E-state index is 12.4. The molecule has 2 rings (SSSR count). The van der Waals surface area contributed by atoms with Crippen molar-refractivity contribution in [3.05, 3.63) is 35.4 Å². The smallest absolute Gasteiger partial charge is 0.246 e. The predicted molar refractivity (Wildman–Crippen MR) is 90.2 cm³/mol. The lowest BCUT2D eigenvalue weighted by molar-refractivity contribution is -0.130. The van der Waals surface area contributed by atoms with E-state index in [1.807, 2.05) is 25.1 Å². The number of rotatable bonds is 3. The third-order valence-electron chi connectivity index (χ3n) is 4.04. The van der Waals surface area contributed by atoms with Crippen LogP contribution in [0.4, 0.5) is 0 Å². The summed E-state index contributed by atoms with van der Waals surface area (Å²) in [6.45, 7) is 6.15. The van der Waals surface area contributed by atoms with Gasteiger partial charge in [0, 0.05) is 44.7 Å². The Morgan fingerprint density at radius 1 is 1.13 bits per heavy atom. The Kier molecular flexibility index (Phi) is 5.79. The first-order valence-electron chi connectivity index (χ1n) is 7.88. The molecule has 0 atom stereocenters. The quantitative estimate of drug-likeness (QED) is 0.803. The molecule has 124 valence electrons. The number of hydrogen-bond acceptors (Lipinski definition) is 3. The van der Waals surface area contributed by atoms with Crippen molar-refractivity contribution in [1.82, 2.24) is 9.80 Å². The lowest BCUT2D eigenvalue weighted by Crippen LogP contribution is -2.35. The second-order valence-electron chi connectivity index (χ2n) is 5.76. The Morgan fingerprint density at radius 3 is 2.52 bits per heavy atom. The normalized spacial score (nSPS) is 15.6. The van der Waals surface area contributed by atoms with Crippen molar-refractivity contribution in [2.75, 3.05) is 33.3 Å². The largest absolute Gasteiger partial charge is 0.496 e. The number of carbonyl (C=O) groups excluding carboxylic acids is 2. The number of benzene rings is 1. The monoisotopic (exact) mass is 316 g/mol. The van der Waals surface area contributed by atoms with Gasteiger partial charge in [0.05, 0.1) is 7.11 Å². The van der Waals surface area contributed by atoms with E-state index in [0.717, 1.165) is 23.3 Å². The van der Waals surface area contributed by atoms with Crippen LogP contribution in [-0.2, 0) is 9.59 Å². The van der Waals surface area contributed by atoms with Gasteiger partial charge in [-0.2, -0.15) is 0 Å². The van der Waals surface area contributed by atoms with Gasteiger partial charge in [-0.05, 0) is 31.6 Å². The fourth-order valence-corrected chi connectivity index (χ4v) is 2.70. The zero-order valence-corrected chi connectivity index (χ0v) is 14.0. The van der Waals surface area contributed by atoms with Crippen molar-refractivity contribution in [3.8, 4) is 5.75 Å². The Labute approximate surface area is 137 Å². The molecule has 1 aliphatic rings. The summed E-state index contributed by atoms with van der Waals surface area (Å²) in [5.74, 6) is 0.788. The average Bonchev–Trinajstić information content (AvgIpc) is 2.79. The summed E-state index contributed by atoms with van der Waals surface area (Å²) in [7, 11) is 1.62. The number of carbonyl (C=O) groups is 2. The SMILES string of the molecule is COc1ccc(C)cc1/C=C/C(=O)N1CCCN(C(C)=O)CC1. The van der Waals surface area contributed by atoms with E-state index in [2.05, 4.69) is 0 Å². The summed E-state index contributed by atoms with van der Waals surface area (Å²) in [5, 5.41) is 0. The first-order valence-corrected chi connectivity index (χ1v) is 7.88. The van der Waals surface area contributed by atoms with Gasteiger partial charge in [0.1, 0.15) is 5.75 Å². The van der Waals surface area contributed by atoms with Gasteiger partial charge in [-0.3, -0.25) is 9.59 Å². The van der Waals surface area contributed by atoms with Gasteiger partial charge >= 0.3 is 0 Å². The molecule has 23 heavy (non-hydrogen) atoms. The molecule has 0 N–H and O–H groups in total. The lowest BCUT2D eigenvalue weighted by Gasteiger charge is -2.20. The molecule has 1 saturated heterocycles. The highest BCUT2D eigenvalue weighted by molar-refractivity contribution is 5.92. The first kappa shape index (κ1) is 17.1. The van der Waals surface area contributed by atoms with Crippen LogP contribution in [0, 0.1) is 6.92 Å². The van der Waals surface area contributed by atoms with E-state index in [1.165, 1.54) is 0 Å². The topological polar surface area (TPSA) is 49.9 Å². The van der Waals surface area contributed by atoms with Gasteiger partial charge in [0.2, 0.25) is 11.8 Å². The van der Waals surface area contributed by atoms with Crippen molar-refractivity contribution < 1.29 is 14.3 Å². The molecule has 0 bridgehead atoms. The Balaban J connectivity index is 2.04. The minimum Gasteiger partial charge on any atom is -0.496 e. The molecule has 1 aromatic carbocycles. The van der Waals surface area contributed by atoms with Crippen molar-refractivity contribution in [2.45, 2.75) is 20.3 Å². The third-order valence-corrected chi connectivity index (χ3v) is 4.04. The molecule has 5 heteroatoms. The van der Waals surface area contributed by atoms with Crippen LogP contribution in [0.5, 0.6) is 5.75 Å². The summed E-state index contributed by atoms with van der Waals surface area (Å²) < 4.78 is 5.32. The number of ether oxygens (including phenoxy) is 1. The van der Waals surface area contributed by atoms with Crippen LogP contribution in [0.15, 0.2) is 24.3 Å². The summed E-state index contributed by atoms with van der Waals surface area (Å²) in [4.78, 5) is 27.4. The van der Waals surface area contributed by atoms with Crippen LogP contribution in [0.1, 0.15) is 24.5 Å². The van der Waals surface area contributed by atoms with Crippen LogP contribution in [0.3, 0.4) is 0 Å². The summed E-state index contributed by atoms with van der Waals surface area (Å²) >= 11 is 0. The Bertz CT molecular complexity index is 610. The van der Waals surface area contributed by atoms with Crippen LogP contribution in [0.25, 0.3) is 6.08 Å². The highest BCUT2D eigenvalue weighted by atomic mass is 16.5. The van der Waals surface area contributed by atoms with E-state index in [9.17, 15) is 9.59 Å². The van der Waals surface area contributed by atoms with E-state index in [-0.39, 0.29) is 11.8 Å². The lowest BCUT2D eigenvalue weighted by atomic mass is 10.1. The summed E-state index contributed by atoms with van der Waals surface area (Å²) in [6, 6.07) is 5.86. The number of hydrogen-bond donors (Lipinski definition) is 0. The van der Waals surface area contributed by atoms with Crippen molar-refractivity contribution in [3.63, 3.8) is 0 Å². The predicted octanol–water partition coefficient (Wildman–Crippen LogP) is 2.10. The maximum Gasteiger partial charge on any atom is 0.246 e. The molecule has 1 aromatic rings. The molecular weight excluding hydrogens is 292 g/mol. The first-order chi connectivity index (χ1) is 11.0. The van der Waals surface area contributed by atoms with Crippen molar-refractivity contribution >= 4 is 17.9 Å². The number of aryl methyl sites for hydroxylation is 1. The second-order valence-corrected chi connectivity index (χ2v) is 5.76. The molecule has 1 fully saturated rings. The van der Waals surface area contributed by atoms with E-state index in [4.69, 9.17) is 4.74 Å². The zero-order chi connectivity index (χ0) is 16.8. The second kappa shape index (κ2) is 7.81. The number of amides is 2. The van der Waals surface area contributed by atoms with Gasteiger partial charge < -0.3 is 14.5 Å². The van der Waals surface area contributed by atoms with Gasteiger partial charge in [0.15, 0.2) is 0 Å². The molecule has 0 aliphatic carbocycles. The van der Waals surface area contributed by atoms with Crippen LogP contribution >= 0.6 is 0 Å². The average molecular weight is 316 g/mol. The highest BCUT2D eigenvalue weighted by Gasteiger charge is 2.18. The van der Waals surface area contributed by atoms with Crippen molar-refractivity contribution in [1.29, 1.82) is 0 Å². The zero-order valence-electron chi connectivity index (χ0n) is 14.0. The molecule has 1 heterocycles. The summed E-state index contributed by atoms with van der Waals surface area (Å²) in [5.41, 5.74) is 2.01. The van der Waals surface area contributed by atoms with Gasteiger partial charge in [0.25, 0.3) is 0 Å². The van der Waals surface area contributed by atoms with Gasteiger partial charge in [-0.25, -0.2) is 0 Å². The Morgan fingerprint density at radius 2 is 1.83 bits per heavy atom. The Hall–Kier alpha value is -2.30. The fourth-order valence-electron chi connectivity index (χ4n) is 2.70. The standard InChI is InChI=1S/C18H24N2O3/c1-14-5-7-17(23-3)16(13-14)6-8-18(22)20-10-4-9-19(11-12-20)15(2)21/h5-8,13H,4,9-12H2,1-3H3/b8-6+. The maximum atomic E-state index is 12.4. The molecule has 0 spiro atoms. The number of methoxy groups -OCH3 is 1. The highest BCUT2D eigenvalue weighted by Crippen LogP contribution is 2.21. The van der Waals surface area contributed by atoms with Crippen molar-refractivity contribution in [2.24, 2.45) is 0 Å². The molecule has 0 saturated carbocycles. The van der Waals surface area contributed by atoms with Crippen LogP contribution < -0.4 is 4.74 Å². The molecule has 0 unspecified atom stereocenters. The van der Waals surface area contributed by atoms with E-state index in [0.29, 0.717) is 26.2 Å². The fraction of sp³-hybridized carbons (Fsp3) is 0.444. The molecule has 0 aromatic heterocycles. The third kappa shape index (κ3) is 4.58. The van der Waals surface area contributed by atoms with Crippen LogP contribution in [-0.4, -0.2) is 54.9 Å². The molecule has 0 radical (unpaired) electrons. The van der Waals surface area contributed by atoms with Gasteiger partial charge in [-0.1, -0.05) is 11.6 Å². The summed E-state index contributed by atoms with van der Waals surface area (Å²) in [6.07, 6.45) is 4.19. The number of nitrogens with zero attached hydrogens (tertiary/aromatic N) is 2. The van der Waals surface area contributed by atoms with E-state index in [1.54, 1.807) is 36.0 Å². The minimum absolute atomic E-state index is 0.0287. The molecule has 1 aliphatic heterocycles. The molecule has 2 amide bonds. The van der Waals surface area contributed by atoms with E-state index >= 15 is 0 Å². The van der Waals surface area contributed by atoms with E-state index < -0.39 is 0 Å². The van der Waals surface area contributed by atoms with Crippen LogP contribution in [0.2, 0.25) is 0 Å². The minimum atomic E-state index is -0.0287. The van der Waals surface area contributed by atoms with Gasteiger partial charge in [-0.15, -0.1) is 0 Å². The molecular formula is C18H24N2O3.